The van der Waals surface area contributed by atoms with Gasteiger partial charge in [-0.1, -0.05) is 0 Å². The van der Waals surface area contributed by atoms with Gasteiger partial charge in [-0.3, -0.25) is 4.18 Å². The number of halogens is 2. The highest BCUT2D eigenvalue weighted by Crippen LogP contribution is 2.55. The van der Waals surface area contributed by atoms with E-state index in [1.807, 2.05) is 0 Å². The van der Waals surface area contributed by atoms with Gasteiger partial charge in [0.25, 0.3) is 10.1 Å². The zero-order valence-electron chi connectivity index (χ0n) is 10.8. The van der Waals surface area contributed by atoms with Crippen molar-refractivity contribution in [1.82, 2.24) is 0 Å². The molecule has 3 aliphatic rings. The van der Waals surface area contributed by atoms with Crippen molar-refractivity contribution in [3.05, 3.63) is 0 Å². The van der Waals surface area contributed by atoms with E-state index < -0.39 is 46.3 Å². The summed E-state index contributed by atoms with van der Waals surface area (Å²) in [5.74, 6) is -2.43. The minimum absolute atomic E-state index is 0.0299. The maximum Gasteiger partial charge on any atom is 0.456 e. The van der Waals surface area contributed by atoms with Crippen LogP contribution >= 0.6 is 0 Å². The van der Waals surface area contributed by atoms with Crippen molar-refractivity contribution in [2.45, 2.75) is 36.4 Å². The molecule has 10 heteroatoms. The summed E-state index contributed by atoms with van der Waals surface area (Å²) < 4.78 is 63.1. The molecule has 1 heterocycles. The standard InChI is InChI=1S/C11H14F2O7S/c12-11(13,10(14)15)19-2-1-18-8-5-3-6-7(4-5)21(16,17)20-9(6)8/h5-9H,1-4H2,(H,14,15). The third-order valence-corrected chi connectivity index (χ3v) is 6.11. The number of hydrogen-bond donors (Lipinski definition) is 1. The van der Waals surface area contributed by atoms with Crippen molar-refractivity contribution in [2.75, 3.05) is 13.2 Å². The van der Waals surface area contributed by atoms with Gasteiger partial charge in [0.2, 0.25) is 0 Å². The molecule has 2 aliphatic carbocycles. The summed E-state index contributed by atoms with van der Waals surface area (Å²) in [4.78, 5) is 10.1. The number of fused-ring (bicyclic) bond motifs is 1. The highest BCUT2D eigenvalue weighted by atomic mass is 32.2. The third kappa shape index (κ3) is 2.43. The molecular weight excluding hydrogens is 314 g/mol. The van der Waals surface area contributed by atoms with Crippen LogP contribution < -0.4 is 0 Å². The second-order valence-electron chi connectivity index (χ2n) is 5.49. The first-order valence-corrected chi connectivity index (χ1v) is 7.98. The first kappa shape index (κ1) is 15.1. The van der Waals surface area contributed by atoms with E-state index in [0.29, 0.717) is 12.8 Å². The quantitative estimate of drug-likeness (QED) is 0.549. The zero-order valence-corrected chi connectivity index (χ0v) is 11.6. The van der Waals surface area contributed by atoms with Gasteiger partial charge >= 0.3 is 12.1 Å². The van der Waals surface area contributed by atoms with Crippen molar-refractivity contribution < 1.29 is 40.8 Å². The smallest absolute Gasteiger partial charge is 0.456 e. The van der Waals surface area contributed by atoms with Crippen molar-refractivity contribution in [3.8, 4) is 0 Å². The normalized spacial score (nSPS) is 39.8. The highest BCUT2D eigenvalue weighted by molar-refractivity contribution is 7.87. The molecule has 1 N–H and O–H groups in total. The Morgan fingerprint density at radius 1 is 1.33 bits per heavy atom. The SMILES string of the molecule is O=C(O)C(F)(F)OCCOC1C2CC3C1OS(=O)(=O)C3C2. The molecule has 0 radical (unpaired) electrons. The molecule has 0 aromatic rings. The summed E-state index contributed by atoms with van der Waals surface area (Å²) >= 11 is 0. The van der Waals surface area contributed by atoms with Gasteiger partial charge in [-0.2, -0.15) is 17.2 Å². The molecule has 1 saturated heterocycles. The van der Waals surface area contributed by atoms with Crippen LogP contribution in [0.1, 0.15) is 12.8 Å². The fraction of sp³-hybridized carbons (Fsp3) is 0.909. The number of carbonyl (C=O) groups is 1. The summed E-state index contributed by atoms with van der Waals surface area (Å²) in [5.41, 5.74) is 0. The molecule has 0 aromatic heterocycles. The van der Waals surface area contributed by atoms with Crippen molar-refractivity contribution in [2.24, 2.45) is 11.8 Å². The summed E-state index contributed by atoms with van der Waals surface area (Å²) in [7, 11) is -3.54. The van der Waals surface area contributed by atoms with E-state index in [1.165, 1.54) is 0 Å². The van der Waals surface area contributed by atoms with Crippen LogP contribution in [0.5, 0.6) is 0 Å². The van der Waals surface area contributed by atoms with Crippen molar-refractivity contribution in [3.63, 3.8) is 0 Å². The number of ether oxygens (including phenoxy) is 2. The van der Waals surface area contributed by atoms with Gasteiger partial charge in [-0.15, -0.1) is 0 Å². The van der Waals surface area contributed by atoms with Crippen LogP contribution in [0.15, 0.2) is 0 Å². The van der Waals surface area contributed by atoms with E-state index in [9.17, 15) is 22.0 Å². The Bertz CT molecular complexity index is 549. The lowest BCUT2D eigenvalue weighted by Gasteiger charge is -2.25. The van der Waals surface area contributed by atoms with Gasteiger partial charge in [0.15, 0.2) is 0 Å². The van der Waals surface area contributed by atoms with Crippen LogP contribution in [0.2, 0.25) is 0 Å². The summed E-state index contributed by atoms with van der Waals surface area (Å²) in [5, 5.41) is 7.71. The molecule has 5 atom stereocenters. The van der Waals surface area contributed by atoms with Gasteiger partial charge in [0.05, 0.1) is 24.6 Å². The van der Waals surface area contributed by atoms with E-state index in [2.05, 4.69) is 4.74 Å². The average Bonchev–Trinajstić information content (AvgIpc) is 2.97. The van der Waals surface area contributed by atoms with Crippen molar-refractivity contribution in [1.29, 1.82) is 0 Å². The van der Waals surface area contributed by atoms with Gasteiger partial charge in [-0.05, 0) is 18.8 Å². The Hall–Kier alpha value is -0.840. The second kappa shape index (κ2) is 4.83. The lowest BCUT2D eigenvalue weighted by atomic mass is 9.94. The fourth-order valence-corrected chi connectivity index (χ4v) is 5.41. The van der Waals surface area contributed by atoms with Crippen LogP contribution in [-0.2, 0) is 28.6 Å². The number of rotatable bonds is 6. The average molecular weight is 328 g/mol. The Balaban J connectivity index is 1.51. The molecule has 21 heavy (non-hydrogen) atoms. The summed E-state index contributed by atoms with van der Waals surface area (Å²) in [6, 6.07) is 0. The Morgan fingerprint density at radius 3 is 2.71 bits per heavy atom. The van der Waals surface area contributed by atoms with Crippen LogP contribution in [0.25, 0.3) is 0 Å². The van der Waals surface area contributed by atoms with E-state index in [1.54, 1.807) is 0 Å². The first-order chi connectivity index (χ1) is 9.72. The largest absolute Gasteiger partial charge is 0.475 e. The Labute approximate surface area is 119 Å². The van der Waals surface area contributed by atoms with Crippen LogP contribution in [0.3, 0.4) is 0 Å². The molecule has 0 aromatic carbocycles. The topological polar surface area (TPSA) is 99.1 Å². The number of carboxylic acids is 1. The van der Waals surface area contributed by atoms with Crippen molar-refractivity contribution >= 4 is 16.1 Å². The summed E-state index contributed by atoms with van der Waals surface area (Å²) in [6.45, 7) is -0.850. The minimum atomic E-state index is -4.25. The highest BCUT2D eigenvalue weighted by Gasteiger charge is 2.64. The zero-order chi connectivity index (χ0) is 15.4. The fourth-order valence-electron chi connectivity index (χ4n) is 3.53. The maximum atomic E-state index is 12.7. The predicted octanol–water partition coefficient (Wildman–Crippen LogP) is 0.203. The Morgan fingerprint density at radius 2 is 2.05 bits per heavy atom. The molecule has 2 bridgehead atoms. The minimum Gasteiger partial charge on any atom is -0.475 e. The lowest BCUT2D eigenvalue weighted by Crippen LogP contribution is -2.37. The molecule has 1 aliphatic heterocycles. The van der Waals surface area contributed by atoms with Gasteiger partial charge in [-0.25, -0.2) is 4.79 Å². The first-order valence-electron chi connectivity index (χ1n) is 6.51. The molecule has 7 nitrogen and oxygen atoms in total. The van der Waals surface area contributed by atoms with Gasteiger partial charge < -0.3 is 14.6 Å². The molecule has 0 amide bonds. The number of hydrogen-bond acceptors (Lipinski definition) is 6. The van der Waals surface area contributed by atoms with Gasteiger partial charge in [0, 0.05) is 5.92 Å². The molecular formula is C11H14F2O7S. The number of aliphatic carboxylic acids is 1. The number of carboxylic acid groups (broad SMARTS) is 1. The molecule has 3 fully saturated rings. The van der Waals surface area contributed by atoms with E-state index >= 15 is 0 Å². The predicted molar refractivity (Wildman–Crippen MR) is 62.1 cm³/mol. The van der Waals surface area contributed by atoms with Crippen LogP contribution in [-0.4, -0.2) is 56.3 Å². The monoisotopic (exact) mass is 328 g/mol. The maximum absolute atomic E-state index is 12.7. The van der Waals surface area contributed by atoms with Crippen LogP contribution in [0, 0.1) is 11.8 Å². The number of alkyl halides is 2. The third-order valence-electron chi connectivity index (χ3n) is 4.34. The van der Waals surface area contributed by atoms with E-state index in [-0.39, 0.29) is 18.4 Å². The molecule has 5 unspecified atom stereocenters. The lowest BCUT2D eigenvalue weighted by molar-refractivity contribution is -0.250. The van der Waals surface area contributed by atoms with Crippen LogP contribution in [0.4, 0.5) is 8.78 Å². The second-order valence-corrected chi connectivity index (χ2v) is 7.28. The summed E-state index contributed by atoms with van der Waals surface area (Å²) in [6.07, 6.45) is -4.13. The van der Waals surface area contributed by atoms with E-state index in [0.717, 1.165) is 0 Å². The molecule has 0 spiro atoms. The molecule has 2 saturated carbocycles. The van der Waals surface area contributed by atoms with E-state index in [4.69, 9.17) is 14.0 Å². The molecule has 120 valence electrons. The molecule has 3 rings (SSSR count). The van der Waals surface area contributed by atoms with Gasteiger partial charge in [0.1, 0.15) is 6.10 Å². The Kier molecular flexibility index (Phi) is 3.47.